The molecule has 0 aliphatic heterocycles. The van der Waals surface area contributed by atoms with Gasteiger partial charge in [0.25, 0.3) is 5.91 Å². The summed E-state index contributed by atoms with van der Waals surface area (Å²) in [5.41, 5.74) is 4.30. The summed E-state index contributed by atoms with van der Waals surface area (Å²) in [4.78, 5) is 12.2. The maximum Gasteiger partial charge on any atom is 0.277 e. The van der Waals surface area contributed by atoms with E-state index in [2.05, 4.69) is 17.4 Å². The molecule has 0 bridgehead atoms. The Hall–Kier alpha value is -2.88. The average Bonchev–Trinajstić information content (AvgIpc) is 3.06. The molecule has 4 heteroatoms. The lowest BCUT2D eigenvalue weighted by molar-refractivity contribution is 0.101. The van der Waals surface area contributed by atoms with E-state index < -0.39 is 0 Å². The minimum atomic E-state index is -0.281. The van der Waals surface area contributed by atoms with E-state index in [0.717, 1.165) is 17.7 Å². The summed E-state index contributed by atoms with van der Waals surface area (Å²) in [6.07, 6.45) is 0.970. The Labute approximate surface area is 135 Å². The number of aryl methyl sites for hydroxylation is 2. The van der Waals surface area contributed by atoms with Crippen molar-refractivity contribution in [1.82, 2.24) is 5.16 Å². The number of carbonyl (C=O) groups is 1. The van der Waals surface area contributed by atoms with Gasteiger partial charge in [0.2, 0.25) is 0 Å². The maximum atomic E-state index is 12.2. The third-order valence-electron chi connectivity index (χ3n) is 3.70. The number of benzene rings is 2. The summed E-state index contributed by atoms with van der Waals surface area (Å²) in [5.74, 6) is 0.299. The molecule has 1 N–H and O–H groups in total. The number of hydrogen-bond donors (Lipinski definition) is 1. The molecular formula is C19H18N2O2. The van der Waals surface area contributed by atoms with Crippen LogP contribution in [0, 0.1) is 6.92 Å². The zero-order valence-electron chi connectivity index (χ0n) is 13.2. The number of nitrogens with one attached hydrogen (secondary N) is 1. The molecule has 1 heterocycles. The van der Waals surface area contributed by atoms with E-state index in [1.165, 1.54) is 11.1 Å². The molecule has 0 radical (unpaired) electrons. The molecule has 1 aromatic heterocycles. The standard InChI is InChI=1S/C19H18N2O2/c1-3-14-6-10-16(11-7-14)20-19(22)17-12-18(23-21-17)15-8-4-13(2)5-9-15/h4-12H,3H2,1-2H3,(H,20,22). The monoisotopic (exact) mass is 306 g/mol. The van der Waals surface area contributed by atoms with Crippen LogP contribution in [-0.2, 0) is 6.42 Å². The summed E-state index contributed by atoms with van der Waals surface area (Å²) in [5, 5.41) is 6.68. The van der Waals surface area contributed by atoms with Crippen LogP contribution in [-0.4, -0.2) is 11.1 Å². The highest BCUT2D eigenvalue weighted by molar-refractivity contribution is 6.03. The van der Waals surface area contributed by atoms with Gasteiger partial charge in [0.15, 0.2) is 11.5 Å². The highest BCUT2D eigenvalue weighted by atomic mass is 16.5. The van der Waals surface area contributed by atoms with Crippen molar-refractivity contribution in [2.45, 2.75) is 20.3 Å². The highest BCUT2D eigenvalue weighted by Crippen LogP contribution is 2.21. The molecule has 1 amide bonds. The molecular weight excluding hydrogens is 288 g/mol. The molecule has 3 aromatic rings. The highest BCUT2D eigenvalue weighted by Gasteiger charge is 2.13. The van der Waals surface area contributed by atoms with Crippen LogP contribution in [0.4, 0.5) is 5.69 Å². The lowest BCUT2D eigenvalue weighted by Crippen LogP contribution is -2.12. The molecule has 0 aliphatic carbocycles. The fourth-order valence-corrected chi connectivity index (χ4v) is 2.26. The van der Waals surface area contributed by atoms with Crippen molar-refractivity contribution in [3.05, 3.63) is 71.4 Å². The van der Waals surface area contributed by atoms with E-state index in [4.69, 9.17) is 4.52 Å². The molecule has 4 nitrogen and oxygen atoms in total. The Morgan fingerprint density at radius 2 is 1.78 bits per heavy atom. The first-order chi connectivity index (χ1) is 11.2. The third-order valence-corrected chi connectivity index (χ3v) is 3.70. The molecule has 3 rings (SSSR count). The SMILES string of the molecule is CCc1ccc(NC(=O)c2cc(-c3ccc(C)cc3)on2)cc1. The van der Waals surface area contributed by atoms with Gasteiger partial charge >= 0.3 is 0 Å². The normalized spacial score (nSPS) is 10.5. The second kappa shape index (κ2) is 6.48. The Morgan fingerprint density at radius 3 is 2.43 bits per heavy atom. The molecule has 0 aliphatic rings. The summed E-state index contributed by atoms with van der Waals surface area (Å²) in [7, 11) is 0. The quantitative estimate of drug-likeness (QED) is 0.774. The number of aromatic nitrogens is 1. The average molecular weight is 306 g/mol. The lowest BCUT2D eigenvalue weighted by atomic mass is 10.1. The Bertz CT molecular complexity index is 802. The maximum absolute atomic E-state index is 12.2. The van der Waals surface area contributed by atoms with E-state index in [9.17, 15) is 4.79 Å². The van der Waals surface area contributed by atoms with Crippen LogP contribution in [0.3, 0.4) is 0 Å². The van der Waals surface area contributed by atoms with Gasteiger partial charge < -0.3 is 9.84 Å². The van der Waals surface area contributed by atoms with Crippen molar-refractivity contribution in [2.75, 3.05) is 5.32 Å². The second-order valence-corrected chi connectivity index (χ2v) is 5.45. The minimum Gasteiger partial charge on any atom is -0.355 e. The zero-order valence-corrected chi connectivity index (χ0v) is 13.2. The lowest BCUT2D eigenvalue weighted by Gasteiger charge is -2.03. The summed E-state index contributed by atoms with van der Waals surface area (Å²) >= 11 is 0. The summed E-state index contributed by atoms with van der Waals surface area (Å²) in [6.45, 7) is 4.11. The molecule has 0 fully saturated rings. The van der Waals surface area contributed by atoms with Crippen molar-refractivity contribution in [3.63, 3.8) is 0 Å². The van der Waals surface area contributed by atoms with Gasteiger partial charge in [0.05, 0.1) is 0 Å². The molecule has 0 spiro atoms. The number of hydrogen-bond acceptors (Lipinski definition) is 3. The van der Waals surface area contributed by atoms with Gasteiger partial charge in [0, 0.05) is 17.3 Å². The minimum absolute atomic E-state index is 0.264. The van der Waals surface area contributed by atoms with Crippen LogP contribution >= 0.6 is 0 Å². The smallest absolute Gasteiger partial charge is 0.277 e. The largest absolute Gasteiger partial charge is 0.355 e. The van der Waals surface area contributed by atoms with Gasteiger partial charge in [-0.2, -0.15) is 0 Å². The fraction of sp³-hybridized carbons (Fsp3) is 0.158. The van der Waals surface area contributed by atoms with E-state index in [0.29, 0.717) is 5.76 Å². The summed E-state index contributed by atoms with van der Waals surface area (Å²) < 4.78 is 5.28. The molecule has 0 unspecified atom stereocenters. The third kappa shape index (κ3) is 3.48. The Kier molecular flexibility index (Phi) is 4.24. The molecule has 0 atom stereocenters. The Balaban J connectivity index is 1.74. The van der Waals surface area contributed by atoms with Crippen LogP contribution in [0.15, 0.2) is 59.1 Å². The first-order valence-corrected chi connectivity index (χ1v) is 7.60. The number of carbonyl (C=O) groups excluding carboxylic acids is 1. The van der Waals surface area contributed by atoms with Crippen LogP contribution in [0.25, 0.3) is 11.3 Å². The molecule has 23 heavy (non-hydrogen) atoms. The van der Waals surface area contributed by atoms with Gasteiger partial charge in [-0.15, -0.1) is 0 Å². The number of anilines is 1. The van der Waals surface area contributed by atoms with Crippen LogP contribution < -0.4 is 5.32 Å². The summed E-state index contributed by atoms with van der Waals surface area (Å²) in [6, 6.07) is 17.3. The van der Waals surface area contributed by atoms with E-state index in [1.54, 1.807) is 6.07 Å². The van der Waals surface area contributed by atoms with Crippen molar-refractivity contribution in [1.29, 1.82) is 0 Å². The molecule has 0 saturated carbocycles. The number of nitrogens with zero attached hydrogens (tertiary/aromatic N) is 1. The Morgan fingerprint density at radius 1 is 1.09 bits per heavy atom. The van der Waals surface area contributed by atoms with E-state index in [-0.39, 0.29) is 11.6 Å². The molecule has 2 aromatic carbocycles. The predicted octanol–water partition coefficient (Wildman–Crippen LogP) is 4.46. The number of rotatable bonds is 4. The van der Waals surface area contributed by atoms with Gasteiger partial charge in [-0.25, -0.2) is 0 Å². The van der Waals surface area contributed by atoms with Gasteiger partial charge in [-0.3, -0.25) is 4.79 Å². The first kappa shape index (κ1) is 15.0. The van der Waals surface area contributed by atoms with Gasteiger partial charge in [0.1, 0.15) is 0 Å². The van der Waals surface area contributed by atoms with Crippen LogP contribution in [0.5, 0.6) is 0 Å². The van der Waals surface area contributed by atoms with Gasteiger partial charge in [-0.05, 0) is 31.0 Å². The van der Waals surface area contributed by atoms with Crippen molar-refractivity contribution >= 4 is 11.6 Å². The molecule has 116 valence electrons. The van der Waals surface area contributed by atoms with Crippen molar-refractivity contribution in [3.8, 4) is 11.3 Å². The van der Waals surface area contributed by atoms with E-state index in [1.807, 2.05) is 55.5 Å². The topological polar surface area (TPSA) is 55.1 Å². The van der Waals surface area contributed by atoms with Crippen LogP contribution in [0.2, 0.25) is 0 Å². The van der Waals surface area contributed by atoms with Crippen molar-refractivity contribution in [2.24, 2.45) is 0 Å². The van der Waals surface area contributed by atoms with Gasteiger partial charge in [-0.1, -0.05) is 54.0 Å². The zero-order chi connectivity index (χ0) is 16.2. The second-order valence-electron chi connectivity index (χ2n) is 5.45. The fourth-order valence-electron chi connectivity index (χ4n) is 2.26. The number of amides is 1. The van der Waals surface area contributed by atoms with E-state index >= 15 is 0 Å². The molecule has 0 saturated heterocycles. The predicted molar refractivity (Wildman–Crippen MR) is 90.4 cm³/mol. The van der Waals surface area contributed by atoms with Crippen LogP contribution in [0.1, 0.15) is 28.5 Å². The van der Waals surface area contributed by atoms with Crippen molar-refractivity contribution < 1.29 is 9.32 Å². The first-order valence-electron chi connectivity index (χ1n) is 7.60.